The van der Waals surface area contributed by atoms with Gasteiger partial charge in [-0.3, -0.25) is 0 Å². The standard InChI is InChI=1S/C10H9N4OS4/c1-13-10(15)14(2)12-7(11-13)6-5-18-9(19-6)8-16-3-4-17-8/h3-5H,1-2H3. The lowest BCUT2D eigenvalue weighted by atomic mass is 10.5. The Labute approximate surface area is 127 Å². The smallest absolute Gasteiger partial charge is 0.244 e. The Bertz CT molecular complexity index is 544. The summed E-state index contributed by atoms with van der Waals surface area (Å²) in [5.41, 5.74) is 4.19. The summed E-state index contributed by atoms with van der Waals surface area (Å²) < 4.78 is 2.53. The largest absolute Gasteiger partial charge is 0.360 e. The van der Waals surface area contributed by atoms with Crippen LogP contribution in [0.25, 0.3) is 0 Å². The number of nitrogens with zero attached hydrogens (tertiary/aromatic N) is 4. The molecule has 0 bridgehead atoms. The maximum absolute atomic E-state index is 11.6. The fourth-order valence-corrected chi connectivity index (χ4v) is 5.81. The van der Waals surface area contributed by atoms with Crippen molar-refractivity contribution in [1.29, 1.82) is 0 Å². The van der Waals surface area contributed by atoms with Crippen LogP contribution in [0.4, 0.5) is 4.79 Å². The molecule has 0 spiro atoms. The third kappa shape index (κ3) is 2.64. The van der Waals surface area contributed by atoms with E-state index in [2.05, 4.69) is 21.3 Å². The monoisotopic (exact) mass is 329 g/mol. The summed E-state index contributed by atoms with van der Waals surface area (Å²) in [5.74, 6) is 0.582. The number of hydrogen-bond acceptors (Lipinski definition) is 6. The average Bonchev–Trinajstić information content (AvgIpc) is 3.05. The molecule has 3 aliphatic rings. The third-order valence-corrected chi connectivity index (χ3v) is 7.33. The van der Waals surface area contributed by atoms with Crippen LogP contribution in [-0.2, 0) is 0 Å². The van der Waals surface area contributed by atoms with Gasteiger partial charge in [0, 0.05) is 14.1 Å². The zero-order chi connectivity index (χ0) is 13.4. The average molecular weight is 329 g/mol. The van der Waals surface area contributed by atoms with Crippen LogP contribution in [0.1, 0.15) is 0 Å². The van der Waals surface area contributed by atoms with Crippen molar-refractivity contribution in [3.05, 3.63) is 29.6 Å². The molecule has 5 nitrogen and oxygen atoms in total. The summed E-state index contributed by atoms with van der Waals surface area (Å²) in [6.45, 7) is 0. The van der Waals surface area contributed by atoms with Crippen molar-refractivity contribution in [2.45, 2.75) is 0 Å². The Hall–Kier alpha value is -0.640. The summed E-state index contributed by atoms with van der Waals surface area (Å²) in [6, 6.07) is -0.232. The highest BCUT2D eigenvalue weighted by molar-refractivity contribution is 8.33. The van der Waals surface area contributed by atoms with Gasteiger partial charge >= 0.3 is 6.03 Å². The van der Waals surface area contributed by atoms with Crippen molar-refractivity contribution in [3.8, 4) is 0 Å². The fraction of sp³-hybridized carbons (Fsp3) is 0.200. The summed E-state index contributed by atoms with van der Waals surface area (Å²) in [7, 11) is 3.26. The molecule has 0 atom stereocenters. The molecule has 0 aromatic heterocycles. The van der Waals surface area contributed by atoms with Crippen LogP contribution >= 0.6 is 47.0 Å². The lowest BCUT2D eigenvalue weighted by molar-refractivity contribution is 0.155. The van der Waals surface area contributed by atoms with Crippen molar-refractivity contribution >= 4 is 58.9 Å². The van der Waals surface area contributed by atoms with Crippen molar-refractivity contribution in [2.75, 3.05) is 14.1 Å². The first-order valence-electron chi connectivity index (χ1n) is 5.24. The Kier molecular flexibility index (Phi) is 3.79. The number of amidine groups is 1. The van der Waals surface area contributed by atoms with Gasteiger partial charge in [-0.1, -0.05) is 47.0 Å². The van der Waals surface area contributed by atoms with Crippen LogP contribution in [0.2, 0.25) is 0 Å². The molecule has 0 fully saturated rings. The number of amides is 2. The van der Waals surface area contributed by atoms with E-state index in [4.69, 9.17) is 0 Å². The zero-order valence-electron chi connectivity index (χ0n) is 10.1. The van der Waals surface area contributed by atoms with E-state index in [-0.39, 0.29) is 6.03 Å². The van der Waals surface area contributed by atoms with E-state index in [9.17, 15) is 4.79 Å². The maximum atomic E-state index is 11.6. The van der Waals surface area contributed by atoms with Crippen LogP contribution in [0, 0.1) is 0 Å². The van der Waals surface area contributed by atoms with Crippen LogP contribution < -0.4 is 5.43 Å². The van der Waals surface area contributed by atoms with Crippen LogP contribution in [-0.4, -0.2) is 36.0 Å². The molecule has 9 heteroatoms. The lowest BCUT2D eigenvalue weighted by Crippen LogP contribution is -2.48. The summed E-state index contributed by atoms with van der Waals surface area (Å²) in [6.07, 6.45) is 0. The van der Waals surface area contributed by atoms with E-state index < -0.39 is 0 Å². The van der Waals surface area contributed by atoms with Gasteiger partial charge in [-0.05, 0) is 16.2 Å². The Morgan fingerprint density at radius 2 is 1.79 bits per heavy atom. The molecule has 0 aromatic rings. The van der Waals surface area contributed by atoms with Gasteiger partial charge in [0.25, 0.3) is 0 Å². The molecule has 0 aliphatic carbocycles. The molecule has 0 saturated heterocycles. The normalized spacial score (nSPS) is 22.9. The van der Waals surface area contributed by atoms with E-state index in [1.54, 1.807) is 61.1 Å². The Morgan fingerprint density at radius 3 is 2.47 bits per heavy atom. The first-order chi connectivity index (χ1) is 9.15. The van der Waals surface area contributed by atoms with Crippen molar-refractivity contribution in [1.82, 2.24) is 15.4 Å². The number of hydrazone groups is 1. The van der Waals surface area contributed by atoms with Gasteiger partial charge in [0.15, 0.2) is 0 Å². The third-order valence-electron chi connectivity index (χ3n) is 2.31. The minimum Gasteiger partial charge on any atom is -0.244 e. The molecule has 0 N–H and O–H groups in total. The molecule has 2 amide bonds. The Morgan fingerprint density at radius 1 is 1.05 bits per heavy atom. The highest BCUT2D eigenvalue weighted by Gasteiger charge is 2.29. The number of hydrogen-bond donors (Lipinski definition) is 0. The SMILES string of the molecule is CN1[N]C(C2=CSC(=C3SC=CS3)S2)=NN(C)C1=O. The van der Waals surface area contributed by atoms with E-state index in [0.717, 1.165) is 4.91 Å². The van der Waals surface area contributed by atoms with Crippen molar-refractivity contribution in [3.63, 3.8) is 0 Å². The van der Waals surface area contributed by atoms with Gasteiger partial charge < -0.3 is 0 Å². The van der Waals surface area contributed by atoms with Crippen molar-refractivity contribution < 1.29 is 4.79 Å². The predicted molar refractivity (Wildman–Crippen MR) is 85.1 cm³/mol. The minimum atomic E-state index is -0.232. The highest BCUT2D eigenvalue weighted by atomic mass is 32.2. The first-order valence-corrected chi connectivity index (χ1v) is 8.70. The van der Waals surface area contributed by atoms with Gasteiger partial charge in [-0.2, -0.15) is 0 Å². The molecule has 0 aromatic carbocycles. The van der Waals surface area contributed by atoms with Crippen LogP contribution in [0.3, 0.4) is 0 Å². The van der Waals surface area contributed by atoms with Gasteiger partial charge in [0.05, 0.1) is 13.4 Å². The van der Waals surface area contributed by atoms with Gasteiger partial charge in [0.2, 0.25) is 5.84 Å². The maximum Gasteiger partial charge on any atom is 0.360 e. The summed E-state index contributed by atoms with van der Waals surface area (Å²) in [4.78, 5) is 12.5. The van der Waals surface area contributed by atoms with E-state index in [0.29, 0.717) is 5.84 Å². The van der Waals surface area contributed by atoms with Crippen molar-refractivity contribution in [2.24, 2.45) is 5.10 Å². The molecule has 3 aliphatic heterocycles. The summed E-state index contributed by atoms with van der Waals surface area (Å²) in [5, 5.41) is 13.0. The first kappa shape index (κ1) is 13.3. The van der Waals surface area contributed by atoms with Gasteiger partial charge in [0.1, 0.15) is 0 Å². The predicted octanol–water partition coefficient (Wildman–Crippen LogP) is 3.22. The second-order valence-electron chi connectivity index (χ2n) is 3.64. The highest BCUT2D eigenvalue weighted by Crippen LogP contribution is 2.53. The van der Waals surface area contributed by atoms with E-state index in [1.165, 1.54) is 18.5 Å². The quantitative estimate of drug-likeness (QED) is 0.739. The van der Waals surface area contributed by atoms with E-state index in [1.807, 2.05) is 5.41 Å². The topological polar surface area (TPSA) is 50.0 Å². The van der Waals surface area contributed by atoms with E-state index >= 15 is 0 Å². The summed E-state index contributed by atoms with van der Waals surface area (Å²) >= 11 is 6.80. The minimum absolute atomic E-state index is 0.232. The number of thioether (sulfide) groups is 4. The molecule has 0 saturated carbocycles. The van der Waals surface area contributed by atoms with Crippen LogP contribution in [0.15, 0.2) is 34.7 Å². The molecular weight excluding hydrogens is 320 g/mol. The zero-order valence-corrected chi connectivity index (χ0v) is 13.3. The number of carbonyl (C=O) groups excluding carboxylic acids is 1. The second kappa shape index (κ2) is 5.39. The molecule has 3 rings (SSSR count). The van der Waals surface area contributed by atoms with Gasteiger partial charge in [-0.15, -0.1) is 10.5 Å². The number of carbonyl (C=O) groups is 1. The molecule has 0 unspecified atom stereocenters. The Balaban J connectivity index is 1.76. The molecule has 1 radical (unpaired) electrons. The fourth-order valence-electron chi connectivity index (χ4n) is 1.44. The van der Waals surface area contributed by atoms with Crippen LogP contribution in [0.5, 0.6) is 0 Å². The number of rotatable bonds is 1. The van der Waals surface area contributed by atoms with Gasteiger partial charge in [-0.25, -0.2) is 14.8 Å². The molecular formula is C10H9N4OS4. The molecule has 3 heterocycles. The molecule has 99 valence electrons. The number of urea groups is 1. The molecule has 19 heavy (non-hydrogen) atoms. The second-order valence-corrected chi connectivity index (χ2v) is 7.92. The lowest BCUT2D eigenvalue weighted by Gasteiger charge is -2.26.